The van der Waals surface area contributed by atoms with E-state index < -0.39 is 5.97 Å². The second kappa shape index (κ2) is 6.16. The second-order valence-corrected chi connectivity index (χ2v) is 5.68. The number of nitrogens with zero attached hydrogens (tertiary/aromatic N) is 1. The maximum atomic E-state index is 11.4. The SMILES string of the molecule is COc1cccc(C(CC(=O)O)n2ccc3cc(C)ccc32)c1. The summed E-state index contributed by atoms with van der Waals surface area (Å²) in [6, 6.07) is 15.5. The topological polar surface area (TPSA) is 51.5 Å². The molecule has 0 radical (unpaired) electrons. The number of fused-ring (bicyclic) bond motifs is 1. The lowest BCUT2D eigenvalue weighted by atomic mass is 10.0. The lowest BCUT2D eigenvalue weighted by molar-refractivity contribution is -0.137. The molecule has 1 atom stereocenters. The third-order valence-corrected chi connectivity index (χ3v) is 4.06. The van der Waals surface area contributed by atoms with Gasteiger partial charge in [-0.2, -0.15) is 0 Å². The fourth-order valence-electron chi connectivity index (χ4n) is 2.95. The Hall–Kier alpha value is -2.75. The first-order valence-corrected chi connectivity index (χ1v) is 7.51. The van der Waals surface area contributed by atoms with Crippen molar-refractivity contribution >= 4 is 16.9 Å². The molecule has 0 amide bonds. The number of aromatic nitrogens is 1. The van der Waals surface area contributed by atoms with Gasteiger partial charge in [0.2, 0.25) is 0 Å². The maximum absolute atomic E-state index is 11.4. The number of hydrogen-bond acceptors (Lipinski definition) is 2. The van der Waals surface area contributed by atoms with E-state index in [4.69, 9.17) is 4.74 Å². The van der Waals surface area contributed by atoms with Gasteiger partial charge in [0.25, 0.3) is 0 Å². The van der Waals surface area contributed by atoms with Crippen LogP contribution in [-0.2, 0) is 4.79 Å². The minimum absolute atomic E-state index is 0.0187. The Balaban J connectivity index is 2.12. The first-order valence-electron chi connectivity index (χ1n) is 7.51. The quantitative estimate of drug-likeness (QED) is 0.774. The van der Waals surface area contributed by atoms with Crippen LogP contribution in [0.25, 0.3) is 10.9 Å². The molecule has 1 unspecified atom stereocenters. The Bertz CT molecular complexity index is 851. The Kier molecular flexibility index (Phi) is 4.06. The van der Waals surface area contributed by atoms with Crippen molar-refractivity contribution in [3.63, 3.8) is 0 Å². The Morgan fingerprint density at radius 3 is 2.78 bits per heavy atom. The molecule has 0 spiro atoms. The number of benzene rings is 2. The van der Waals surface area contributed by atoms with Crippen molar-refractivity contribution in [2.24, 2.45) is 0 Å². The number of hydrogen-bond donors (Lipinski definition) is 1. The van der Waals surface area contributed by atoms with Gasteiger partial charge in [-0.25, -0.2) is 0 Å². The number of aryl methyl sites for hydroxylation is 1. The van der Waals surface area contributed by atoms with E-state index in [2.05, 4.69) is 6.07 Å². The van der Waals surface area contributed by atoms with E-state index in [1.807, 2.05) is 60.2 Å². The molecule has 1 N–H and O–H groups in total. The minimum atomic E-state index is -0.827. The predicted molar refractivity (Wildman–Crippen MR) is 90.1 cm³/mol. The van der Waals surface area contributed by atoms with Crippen LogP contribution >= 0.6 is 0 Å². The van der Waals surface area contributed by atoms with Crippen LogP contribution < -0.4 is 4.74 Å². The lowest BCUT2D eigenvalue weighted by Gasteiger charge is -2.20. The van der Waals surface area contributed by atoms with Crippen LogP contribution in [0.3, 0.4) is 0 Å². The van der Waals surface area contributed by atoms with Gasteiger partial charge in [-0.15, -0.1) is 0 Å². The first kappa shape index (κ1) is 15.2. The molecular weight excluding hydrogens is 290 g/mol. The van der Waals surface area contributed by atoms with Crippen molar-refractivity contribution in [1.29, 1.82) is 0 Å². The average molecular weight is 309 g/mol. The van der Waals surface area contributed by atoms with Crippen molar-refractivity contribution in [2.75, 3.05) is 7.11 Å². The molecule has 0 saturated carbocycles. The number of carboxylic acid groups (broad SMARTS) is 1. The summed E-state index contributed by atoms with van der Waals surface area (Å²) in [5.74, 6) is -0.100. The Morgan fingerprint density at radius 1 is 1.22 bits per heavy atom. The average Bonchev–Trinajstić information content (AvgIpc) is 2.95. The van der Waals surface area contributed by atoms with Gasteiger partial charge >= 0.3 is 5.97 Å². The van der Waals surface area contributed by atoms with E-state index >= 15 is 0 Å². The highest BCUT2D eigenvalue weighted by Gasteiger charge is 2.19. The molecule has 0 saturated heterocycles. The molecule has 0 fully saturated rings. The number of aliphatic carboxylic acids is 1. The molecular formula is C19H19NO3. The fraction of sp³-hybridized carbons (Fsp3) is 0.211. The fourth-order valence-corrected chi connectivity index (χ4v) is 2.95. The van der Waals surface area contributed by atoms with Gasteiger partial charge in [-0.05, 0) is 48.2 Å². The molecule has 0 aliphatic heterocycles. The van der Waals surface area contributed by atoms with Crippen LogP contribution in [0.4, 0.5) is 0 Å². The van der Waals surface area contributed by atoms with Crippen molar-refractivity contribution < 1.29 is 14.6 Å². The van der Waals surface area contributed by atoms with Gasteiger partial charge in [0, 0.05) is 11.7 Å². The van der Waals surface area contributed by atoms with Gasteiger partial charge in [-0.1, -0.05) is 23.8 Å². The van der Waals surface area contributed by atoms with Gasteiger partial charge in [0.15, 0.2) is 0 Å². The Labute approximate surface area is 134 Å². The minimum Gasteiger partial charge on any atom is -0.497 e. The van der Waals surface area contributed by atoms with Crippen molar-refractivity contribution in [1.82, 2.24) is 4.57 Å². The van der Waals surface area contributed by atoms with Gasteiger partial charge in [0.1, 0.15) is 5.75 Å². The van der Waals surface area contributed by atoms with E-state index in [0.29, 0.717) is 0 Å². The normalized spacial score (nSPS) is 12.3. The molecule has 23 heavy (non-hydrogen) atoms. The van der Waals surface area contributed by atoms with E-state index in [1.54, 1.807) is 7.11 Å². The van der Waals surface area contributed by atoms with Gasteiger partial charge < -0.3 is 14.4 Å². The number of methoxy groups -OCH3 is 1. The summed E-state index contributed by atoms with van der Waals surface area (Å²) < 4.78 is 7.30. The van der Waals surface area contributed by atoms with Crippen LogP contribution in [-0.4, -0.2) is 22.8 Å². The molecule has 0 bridgehead atoms. The first-order chi connectivity index (χ1) is 11.1. The second-order valence-electron chi connectivity index (χ2n) is 5.68. The summed E-state index contributed by atoms with van der Waals surface area (Å²) in [5.41, 5.74) is 3.14. The highest BCUT2D eigenvalue weighted by atomic mass is 16.5. The Morgan fingerprint density at radius 2 is 2.04 bits per heavy atom. The van der Waals surface area contributed by atoms with Crippen LogP contribution in [0.2, 0.25) is 0 Å². The standard InChI is InChI=1S/C19H19NO3/c1-13-6-7-17-15(10-13)8-9-20(17)18(12-19(21)22)14-4-3-5-16(11-14)23-2/h3-11,18H,12H2,1-2H3,(H,21,22). The summed E-state index contributed by atoms with van der Waals surface area (Å²) in [6.45, 7) is 2.05. The molecule has 3 aromatic rings. The van der Waals surface area contributed by atoms with Crippen molar-refractivity contribution in [3.8, 4) is 5.75 Å². The summed E-state index contributed by atoms with van der Waals surface area (Å²) in [5, 5.41) is 10.5. The summed E-state index contributed by atoms with van der Waals surface area (Å²) in [4.78, 5) is 11.4. The largest absolute Gasteiger partial charge is 0.497 e. The molecule has 1 heterocycles. The molecule has 2 aromatic carbocycles. The maximum Gasteiger partial charge on any atom is 0.305 e. The van der Waals surface area contributed by atoms with E-state index in [0.717, 1.165) is 22.2 Å². The van der Waals surface area contributed by atoms with Crippen LogP contribution in [0.5, 0.6) is 5.75 Å². The number of ether oxygens (including phenoxy) is 1. The zero-order valence-electron chi connectivity index (χ0n) is 13.2. The molecule has 1 aromatic heterocycles. The highest BCUT2D eigenvalue weighted by Crippen LogP contribution is 2.30. The summed E-state index contributed by atoms with van der Waals surface area (Å²) in [7, 11) is 1.61. The van der Waals surface area contributed by atoms with E-state index in [-0.39, 0.29) is 12.5 Å². The van der Waals surface area contributed by atoms with Crippen LogP contribution in [0.15, 0.2) is 54.7 Å². The van der Waals surface area contributed by atoms with Crippen LogP contribution in [0.1, 0.15) is 23.6 Å². The predicted octanol–water partition coefficient (Wildman–Crippen LogP) is 4.02. The molecule has 118 valence electrons. The number of carboxylic acids is 1. The number of rotatable bonds is 5. The van der Waals surface area contributed by atoms with Crippen LogP contribution in [0, 0.1) is 6.92 Å². The molecule has 3 rings (SSSR count). The molecule has 0 aliphatic rings. The highest BCUT2D eigenvalue weighted by molar-refractivity contribution is 5.81. The third-order valence-electron chi connectivity index (χ3n) is 4.06. The lowest BCUT2D eigenvalue weighted by Crippen LogP contribution is -2.14. The summed E-state index contributed by atoms with van der Waals surface area (Å²) in [6.07, 6.45) is 1.97. The zero-order valence-corrected chi connectivity index (χ0v) is 13.2. The van der Waals surface area contributed by atoms with E-state index in [9.17, 15) is 9.90 Å². The summed E-state index contributed by atoms with van der Waals surface area (Å²) >= 11 is 0. The number of carbonyl (C=O) groups is 1. The molecule has 4 heteroatoms. The van der Waals surface area contributed by atoms with Crippen molar-refractivity contribution in [3.05, 3.63) is 65.9 Å². The van der Waals surface area contributed by atoms with Crippen molar-refractivity contribution in [2.45, 2.75) is 19.4 Å². The smallest absolute Gasteiger partial charge is 0.305 e. The van der Waals surface area contributed by atoms with E-state index in [1.165, 1.54) is 5.56 Å². The van der Waals surface area contributed by atoms with Gasteiger partial charge in [0.05, 0.1) is 19.6 Å². The molecule has 0 aliphatic carbocycles. The zero-order chi connectivity index (χ0) is 16.4. The third kappa shape index (κ3) is 3.06. The van der Waals surface area contributed by atoms with Gasteiger partial charge in [-0.3, -0.25) is 4.79 Å². The monoisotopic (exact) mass is 309 g/mol. The molecule has 4 nitrogen and oxygen atoms in total.